The third kappa shape index (κ3) is 1.73. The first-order valence-corrected chi connectivity index (χ1v) is 3.57. The zero-order chi connectivity index (χ0) is 7.45. The van der Waals surface area contributed by atoms with Gasteiger partial charge in [0.1, 0.15) is 0 Å². The van der Waals surface area contributed by atoms with Crippen LogP contribution in [-0.4, -0.2) is 18.8 Å². The molecule has 56 valence electrons. The standard InChI is InChI=1S/C8H13NO/c1-2-3-8(9)4-6-10-7-5-8/h1H,3-7,9H2. The fourth-order valence-electron chi connectivity index (χ4n) is 1.16. The predicted molar refractivity (Wildman–Crippen MR) is 40.4 cm³/mol. The van der Waals surface area contributed by atoms with Crippen molar-refractivity contribution in [3.05, 3.63) is 0 Å². The minimum atomic E-state index is -0.132. The number of terminal acetylenes is 1. The number of hydrogen-bond acceptors (Lipinski definition) is 2. The number of rotatable bonds is 1. The van der Waals surface area contributed by atoms with E-state index in [-0.39, 0.29) is 5.54 Å². The van der Waals surface area contributed by atoms with Gasteiger partial charge in [0, 0.05) is 25.2 Å². The highest BCUT2D eigenvalue weighted by Crippen LogP contribution is 2.20. The van der Waals surface area contributed by atoms with Crippen molar-refractivity contribution in [3.8, 4) is 12.3 Å². The van der Waals surface area contributed by atoms with E-state index in [9.17, 15) is 0 Å². The van der Waals surface area contributed by atoms with Gasteiger partial charge in [0.2, 0.25) is 0 Å². The largest absolute Gasteiger partial charge is 0.381 e. The molecule has 2 nitrogen and oxygen atoms in total. The van der Waals surface area contributed by atoms with Crippen LogP contribution in [0.1, 0.15) is 19.3 Å². The van der Waals surface area contributed by atoms with E-state index in [0.29, 0.717) is 6.42 Å². The minimum absolute atomic E-state index is 0.132. The van der Waals surface area contributed by atoms with E-state index >= 15 is 0 Å². The van der Waals surface area contributed by atoms with Gasteiger partial charge in [0.05, 0.1) is 0 Å². The van der Waals surface area contributed by atoms with Crippen LogP contribution in [0.5, 0.6) is 0 Å². The van der Waals surface area contributed by atoms with Crippen LogP contribution in [-0.2, 0) is 4.74 Å². The molecule has 0 radical (unpaired) electrons. The van der Waals surface area contributed by atoms with Gasteiger partial charge in [-0.1, -0.05) is 0 Å². The first-order valence-electron chi connectivity index (χ1n) is 3.57. The Kier molecular flexibility index (Phi) is 2.31. The second-order valence-corrected chi connectivity index (χ2v) is 2.86. The van der Waals surface area contributed by atoms with Crippen LogP contribution in [0.25, 0.3) is 0 Å². The zero-order valence-corrected chi connectivity index (χ0v) is 6.10. The summed E-state index contributed by atoms with van der Waals surface area (Å²) in [5.41, 5.74) is 5.82. The smallest absolute Gasteiger partial charge is 0.0483 e. The van der Waals surface area contributed by atoms with Gasteiger partial charge in [0.15, 0.2) is 0 Å². The highest BCUT2D eigenvalue weighted by atomic mass is 16.5. The molecular formula is C8H13NO. The van der Waals surface area contributed by atoms with Crippen LogP contribution in [0.2, 0.25) is 0 Å². The van der Waals surface area contributed by atoms with Crippen molar-refractivity contribution in [1.29, 1.82) is 0 Å². The summed E-state index contributed by atoms with van der Waals surface area (Å²) < 4.78 is 5.16. The van der Waals surface area contributed by atoms with E-state index in [0.717, 1.165) is 26.1 Å². The summed E-state index contributed by atoms with van der Waals surface area (Å²) in [7, 11) is 0. The highest BCUT2D eigenvalue weighted by Gasteiger charge is 2.26. The summed E-state index contributed by atoms with van der Waals surface area (Å²) in [6, 6.07) is 0. The van der Waals surface area contributed by atoms with Crippen molar-refractivity contribution in [1.82, 2.24) is 0 Å². The lowest BCUT2D eigenvalue weighted by Crippen LogP contribution is -2.44. The number of ether oxygens (including phenoxy) is 1. The maximum absolute atomic E-state index is 5.95. The van der Waals surface area contributed by atoms with Crippen LogP contribution < -0.4 is 5.73 Å². The maximum Gasteiger partial charge on any atom is 0.0483 e. The van der Waals surface area contributed by atoms with E-state index in [2.05, 4.69) is 5.92 Å². The normalized spacial score (nSPS) is 23.6. The van der Waals surface area contributed by atoms with E-state index in [4.69, 9.17) is 16.9 Å². The van der Waals surface area contributed by atoms with Crippen LogP contribution in [0.4, 0.5) is 0 Å². The molecule has 1 aliphatic heterocycles. The van der Waals surface area contributed by atoms with Gasteiger partial charge >= 0.3 is 0 Å². The molecule has 0 aromatic heterocycles. The quantitative estimate of drug-likeness (QED) is 0.537. The molecule has 1 saturated heterocycles. The monoisotopic (exact) mass is 139 g/mol. The second-order valence-electron chi connectivity index (χ2n) is 2.86. The molecule has 0 unspecified atom stereocenters. The van der Waals surface area contributed by atoms with Crippen LogP contribution in [0.15, 0.2) is 0 Å². The van der Waals surface area contributed by atoms with Crippen molar-refractivity contribution >= 4 is 0 Å². The molecule has 0 atom stereocenters. The van der Waals surface area contributed by atoms with E-state index in [1.807, 2.05) is 0 Å². The number of nitrogens with two attached hydrogens (primary N) is 1. The predicted octanol–water partition coefficient (Wildman–Crippen LogP) is 0.518. The summed E-state index contributed by atoms with van der Waals surface area (Å²) in [5, 5.41) is 0. The molecule has 1 rings (SSSR count). The molecule has 0 aromatic carbocycles. The first-order chi connectivity index (χ1) is 4.77. The zero-order valence-electron chi connectivity index (χ0n) is 6.10. The lowest BCUT2D eigenvalue weighted by molar-refractivity contribution is 0.0549. The van der Waals surface area contributed by atoms with Gasteiger partial charge < -0.3 is 10.5 Å². The molecule has 2 heteroatoms. The van der Waals surface area contributed by atoms with Crippen LogP contribution in [0.3, 0.4) is 0 Å². The van der Waals surface area contributed by atoms with Gasteiger partial charge in [-0.2, -0.15) is 0 Å². The van der Waals surface area contributed by atoms with Crippen molar-refractivity contribution in [2.75, 3.05) is 13.2 Å². The maximum atomic E-state index is 5.95. The Morgan fingerprint density at radius 2 is 2.10 bits per heavy atom. The van der Waals surface area contributed by atoms with Gasteiger partial charge in [-0.3, -0.25) is 0 Å². The van der Waals surface area contributed by atoms with E-state index in [1.165, 1.54) is 0 Å². The summed E-state index contributed by atoms with van der Waals surface area (Å²) in [5.74, 6) is 2.60. The Hall–Kier alpha value is -0.520. The van der Waals surface area contributed by atoms with Crippen molar-refractivity contribution in [2.45, 2.75) is 24.8 Å². The average molecular weight is 139 g/mol. The average Bonchev–Trinajstić information content (AvgIpc) is 1.89. The first kappa shape index (κ1) is 7.59. The van der Waals surface area contributed by atoms with Crippen molar-refractivity contribution in [2.24, 2.45) is 5.73 Å². The molecule has 0 bridgehead atoms. The molecule has 1 aliphatic rings. The Balaban J connectivity index is 2.42. The molecule has 0 aliphatic carbocycles. The third-order valence-electron chi connectivity index (χ3n) is 1.94. The Morgan fingerprint density at radius 3 is 2.60 bits per heavy atom. The van der Waals surface area contributed by atoms with Gasteiger partial charge in [-0.15, -0.1) is 12.3 Å². The molecule has 0 spiro atoms. The molecule has 1 heterocycles. The third-order valence-corrected chi connectivity index (χ3v) is 1.94. The lowest BCUT2D eigenvalue weighted by atomic mass is 9.88. The van der Waals surface area contributed by atoms with Gasteiger partial charge in [0.25, 0.3) is 0 Å². The molecule has 1 fully saturated rings. The van der Waals surface area contributed by atoms with E-state index in [1.54, 1.807) is 0 Å². The SMILES string of the molecule is C#CCC1(N)CCOCC1. The summed E-state index contributed by atoms with van der Waals surface area (Å²) in [4.78, 5) is 0. The minimum Gasteiger partial charge on any atom is -0.381 e. The Bertz CT molecular complexity index is 142. The summed E-state index contributed by atoms with van der Waals surface area (Å²) >= 11 is 0. The molecule has 0 aromatic rings. The van der Waals surface area contributed by atoms with Crippen molar-refractivity contribution < 1.29 is 4.74 Å². The fourth-order valence-corrected chi connectivity index (χ4v) is 1.16. The highest BCUT2D eigenvalue weighted by molar-refractivity contribution is 4.99. The second kappa shape index (κ2) is 3.05. The Labute approximate surface area is 61.7 Å². The van der Waals surface area contributed by atoms with Crippen LogP contribution in [0, 0.1) is 12.3 Å². The lowest BCUT2D eigenvalue weighted by Gasteiger charge is -2.31. The molecule has 0 amide bonds. The molecule has 10 heavy (non-hydrogen) atoms. The fraction of sp³-hybridized carbons (Fsp3) is 0.750. The van der Waals surface area contributed by atoms with E-state index < -0.39 is 0 Å². The molecule has 0 saturated carbocycles. The Morgan fingerprint density at radius 1 is 1.50 bits per heavy atom. The number of hydrogen-bond donors (Lipinski definition) is 1. The summed E-state index contributed by atoms with van der Waals surface area (Å²) in [6.45, 7) is 1.52. The van der Waals surface area contributed by atoms with Crippen molar-refractivity contribution in [3.63, 3.8) is 0 Å². The summed E-state index contributed by atoms with van der Waals surface area (Å²) in [6.07, 6.45) is 7.65. The topological polar surface area (TPSA) is 35.2 Å². The molecular weight excluding hydrogens is 126 g/mol. The van der Waals surface area contributed by atoms with Gasteiger partial charge in [-0.05, 0) is 12.8 Å². The molecule has 2 N–H and O–H groups in total. The van der Waals surface area contributed by atoms with Crippen LogP contribution >= 0.6 is 0 Å². The van der Waals surface area contributed by atoms with Gasteiger partial charge in [-0.25, -0.2) is 0 Å².